The van der Waals surface area contributed by atoms with Gasteiger partial charge in [0.05, 0.1) is 21.8 Å². The summed E-state index contributed by atoms with van der Waals surface area (Å²) in [6.07, 6.45) is 1.53. The highest BCUT2D eigenvalue weighted by molar-refractivity contribution is 9.11. The van der Waals surface area contributed by atoms with Gasteiger partial charge in [-0.05, 0) is 27.6 Å². The number of aromatic nitrogens is 2. The highest BCUT2D eigenvalue weighted by atomic mass is 79.9. The molecule has 0 radical (unpaired) electrons. The molecule has 0 fully saturated rings. The lowest BCUT2D eigenvalue weighted by Crippen LogP contribution is -2.15. The van der Waals surface area contributed by atoms with Crippen LogP contribution in [0.3, 0.4) is 0 Å². The summed E-state index contributed by atoms with van der Waals surface area (Å²) in [4.78, 5) is 9.45. The number of benzene rings is 1. The molecule has 0 saturated heterocycles. The second-order valence-electron chi connectivity index (χ2n) is 4.28. The average molecular weight is 350 g/mol. The second kappa shape index (κ2) is 5.87. The Kier molecular flexibility index (Phi) is 3.95. The standard InChI is InChI=1S/C14H12BrN3OS/c15-12-6-10-13(16-8-17-14(10)20-12)18-11(7-19)9-4-2-1-3-5-9/h1-6,8,11,19H,7H2,(H,16,17,18)/t11-/m1/s1. The Labute approximate surface area is 128 Å². The van der Waals surface area contributed by atoms with E-state index in [0.29, 0.717) is 0 Å². The summed E-state index contributed by atoms with van der Waals surface area (Å²) in [7, 11) is 0. The molecule has 0 aliphatic rings. The van der Waals surface area contributed by atoms with Gasteiger partial charge in [-0.3, -0.25) is 0 Å². The summed E-state index contributed by atoms with van der Waals surface area (Å²) >= 11 is 5.02. The molecule has 2 heterocycles. The van der Waals surface area contributed by atoms with Crippen LogP contribution in [0.25, 0.3) is 10.2 Å². The lowest BCUT2D eigenvalue weighted by Gasteiger charge is -2.17. The summed E-state index contributed by atoms with van der Waals surface area (Å²) in [6.45, 7) is 0.000810. The van der Waals surface area contributed by atoms with Crippen molar-refractivity contribution >= 4 is 43.3 Å². The third kappa shape index (κ3) is 2.67. The number of halogens is 1. The number of anilines is 1. The Bertz CT molecular complexity index is 717. The van der Waals surface area contributed by atoms with Gasteiger partial charge in [0.15, 0.2) is 0 Å². The predicted octanol–water partition coefficient (Wildman–Crippen LogP) is 3.60. The quantitative estimate of drug-likeness (QED) is 0.755. The van der Waals surface area contributed by atoms with E-state index in [1.54, 1.807) is 11.3 Å². The number of rotatable bonds is 4. The SMILES string of the molecule is OC[C@@H](Nc1ncnc2sc(Br)cc12)c1ccccc1. The van der Waals surface area contributed by atoms with Crippen LogP contribution >= 0.6 is 27.3 Å². The Morgan fingerprint density at radius 3 is 2.80 bits per heavy atom. The molecule has 0 bridgehead atoms. The molecule has 102 valence electrons. The Morgan fingerprint density at radius 1 is 1.25 bits per heavy atom. The zero-order chi connectivity index (χ0) is 13.9. The van der Waals surface area contributed by atoms with Crippen LogP contribution in [-0.2, 0) is 0 Å². The number of aliphatic hydroxyl groups is 1. The molecular weight excluding hydrogens is 338 g/mol. The Morgan fingerprint density at radius 2 is 2.05 bits per heavy atom. The fourth-order valence-corrected chi connectivity index (χ4v) is 3.44. The van der Waals surface area contributed by atoms with Gasteiger partial charge in [-0.15, -0.1) is 11.3 Å². The van der Waals surface area contributed by atoms with Crippen molar-refractivity contribution in [1.82, 2.24) is 9.97 Å². The van der Waals surface area contributed by atoms with Crippen LogP contribution in [0, 0.1) is 0 Å². The number of hydrogen-bond donors (Lipinski definition) is 2. The van der Waals surface area contributed by atoms with Crippen LogP contribution in [0.1, 0.15) is 11.6 Å². The summed E-state index contributed by atoms with van der Waals surface area (Å²) in [5, 5.41) is 13.8. The third-order valence-corrected chi connectivity index (χ3v) is 4.54. The molecule has 2 aromatic heterocycles. The topological polar surface area (TPSA) is 58.0 Å². The lowest BCUT2D eigenvalue weighted by atomic mass is 10.1. The van der Waals surface area contributed by atoms with Crippen molar-refractivity contribution in [2.24, 2.45) is 0 Å². The van der Waals surface area contributed by atoms with Crippen LogP contribution in [0.15, 0.2) is 46.5 Å². The zero-order valence-electron chi connectivity index (χ0n) is 10.5. The van der Waals surface area contributed by atoms with Gasteiger partial charge in [-0.1, -0.05) is 30.3 Å². The third-order valence-electron chi connectivity index (χ3n) is 2.99. The molecule has 6 heteroatoms. The van der Waals surface area contributed by atoms with Gasteiger partial charge in [0.25, 0.3) is 0 Å². The molecule has 3 aromatic rings. The minimum atomic E-state index is -0.187. The maximum atomic E-state index is 9.61. The van der Waals surface area contributed by atoms with E-state index in [-0.39, 0.29) is 12.6 Å². The Hall–Kier alpha value is -1.50. The maximum absolute atomic E-state index is 9.61. The highest BCUT2D eigenvalue weighted by Gasteiger charge is 2.14. The molecule has 0 saturated carbocycles. The van der Waals surface area contributed by atoms with Gasteiger partial charge in [-0.25, -0.2) is 9.97 Å². The molecule has 2 N–H and O–H groups in total. The molecule has 1 atom stereocenters. The summed E-state index contributed by atoms with van der Waals surface area (Å²) in [5.74, 6) is 0.736. The molecule has 20 heavy (non-hydrogen) atoms. The molecule has 3 rings (SSSR count). The first kappa shape index (κ1) is 13.5. The largest absolute Gasteiger partial charge is 0.394 e. The molecule has 1 aromatic carbocycles. The van der Waals surface area contributed by atoms with Crippen LogP contribution in [0.5, 0.6) is 0 Å². The van der Waals surface area contributed by atoms with Crippen molar-refractivity contribution in [1.29, 1.82) is 0 Å². The lowest BCUT2D eigenvalue weighted by molar-refractivity contribution is 0.276. The van der Waals surface area contributed by atoms with E-state index in [4.69, 9.17) is 0 Å². The van der Waals surface area contributed by atoms with Crippen LogP contribution in [0.4, 0.5) is 5.82 Å². The molecule has 0 amide bonds. The minimum Gasteiger partial charge on any atom is -0.394 e. The zero-order valence-corrected chi connectivity index (χ0v) is 12.9. The Balaban J connectivity index is 1.95. The number of nitrogens with one attached hydrogen (secondary N) is 1. The smallest absolute Gasteiger partial charge is 0.138 e. The predicted molar refractivity (Wildman–Crippen MR) is 85.0 cm³/mol. The first-order valence-electron chi connectivity index (χ1n) is 6.10. The molecule has 4 nitrogen and oxygen atoms in total. The highest BCUT2D eigenvalue weighted by Crippen LogP contribution is 2.32. The fraction of sp³-hybridized carbons (Fsp3) is 0.143. The van der Waals surface area contributed by atoms with Gasteiger partial charge in [0.2, 0.25) is 0 Å². The maximum Gasteiger partial charge on any atom is 0.138 e. The van der Waals surface area contributed by atoms with E-state index in [1.165, 1.54) is 6.33 Å². The van der Waals surface area contributed by atoms with Gasteiger partial charge in [-0.2, -0.15) is 0 Å². The first-order chi connectivity index (χ1) is 9.78. The van der Waals surface area contributed by atoms with E-state index in [1.807, 2.05) is 36.4 Å². The van der Waals surface area contributed by atoms with Crippen molar-refractivity contribution in [2.75, 3.05) is 11.9 Å². The van der Waals surface area contributed by atoms with Gasteiger partial charge >= 0.3 is 0 Å². The number of fused-ring (bicyclic) bond motifs is 1. The second-order valence-corrected chi connectivity index (χ2v) is 6.69. The molecule has 0 unspecified atom stereocenters. The average Bonchev–Trinajstić information content (AvgIpc) is 2.86. The summed E-state index contributed by atoms with van der Waals surface area (Å²) < 4.78 is 1.01. The van der Waals surface area contributed by atoms with Crippen molar-refractivity contribution in [3.05, 3.63) is 52.1 Å². The van der Waals surface area contributed by atoms with Crippen LogP contribution in [0.2, 0.25) is 0 Å². The van der Waals surface area contributed by atoms with Gasteiger partial charge < -0.3 is 10.4 Å². The first-order valence-corrected chi connectivity index (χ1v) is 7.71. The van der Waals surface area contributed by atoms with E-state index in [2.05, 4.69) is 31.2 Å². The van der Waals surface area contributed by atoms with Gasteiger partial charge in [0.1, 0.15) is 17.0 Å². The van der Waals surface area contributed by atoms with Crippen molar-refractivity contribution in [2.45, 2.75) is 6.04 Å². The normalized spacial score (nSPS) is 12.5. The van der Waals surface area contributed by atoms with E-state index < -0.39 is 0 Å². The van der Waals surface area contributed by atoms with Crippen molar-refractivity contribution < 1.29 is 5.11 Å². The summed E-state index contributed by atoms with van der Waals surface area (Å²) in [6, 6.07) is 11.6. The molecule has 0 aliphatic carbocycles. The number of aliphatic hydroxyl groups excluding tert-OH is 1. The number of nitrogens with zero attached hydrogens (tertiary/aromatic N) is 2. The fourth-order valence-electron chi connectivity index (χ4n) is 2.03. The van der Waals surface area contributed by atoms with E-state index >= 15 is 0 Å². The van der Waals surface area contributed by atoms with Crippen molar-refractivity contribution in [3.63, 3.8) is 0 Å². The molecule has 0 spiro atoms. The summed E-state index contributed by atoms with van der Waals surface area (Å²) in [5.41, 5.74) is 1.02. The van der Waals surface area contributed by atoms with E-state index in [0.717, 1.165) is 25.4 Å². The number of hydrogen-bond acceptors (Lipinski definition) is 5. The van der Waals surface area contributed by atoms with Crippen molar-refractivity contribution in [3.8, 4) is 0 Å². The van der Waals surface area contributed by atoms with Gasteiger partial charge in [0, 0.05) is 0 Å². The number of thiophene rings is 1. The van der Waals surface area contributed by atoms with E-state index in [9.17, 15) is 5.11 Å². The van der Waals surface area contributed by atoms with Crippen LogP contribution in [-0.4, -0.2) is 21.7 Å². The molecular formula is C14H12BrN3OS. The molecule has 0 aliphatic heterocycles. The minimum absolute atomic E-state index is 0.000810. The monoisotopic (exact) mass is 349 g/mol. The van der Waals surface area contributed by atoms with Crippen LogP contribution < -0.4 is 5.32 Å².